The van der Waals surface area contributed by atoms with Crippen LogP contribution in [0.5, 0.6) is 0 Å². The van der Waals surface area contributed by atoms with Crippen molar-refractivity contribution < 1.29 is 5.11 Å². The highest BCUT2D eigenvalue weighted by Gasteiger charge is 2.29. The van der Waals surface area contributed by atoms with E-state index in [9.17, 15) is 5.11 Å². The summed E-state index contributed by atoms with van der Waals surface area (Å²) < 4.78 is 0. The molecule has 0 radical (unpaired) electrons. The molecule has 0 saturated carbocycles. The number of nitrogens with one attached hydrogen (secondary N) is 1. The van der Waals surface area contributed by atoms with Crippen molar-refractivity contribution in [1.29, 1.82) is 5.26 Å². The van der Waals surface area contributed by atoms with Crippen molar-refractivity contribution >= 4 is 0 Å². The van der Waals surface area contributed by atoms with Crippen LogP contribution in [0.2, 0.25) is 0 Å². The molecule has 1 aliphatic heterocycles. The molecular weight excluding hydrogens is 200 g/mol. The molecule has 0 atom stereocenters. The van der Waals surface area contributed by atoms with Crippen molar-refractivity contribution in [1.82, 2.24) is 5.32 Å². The molecule has 1 saturated heterocycles. The average Bonchev–Trinajstić information content (AvgIpc) is 2.30. The van der Waals surface area contributed by atoms with Crippen LogP contribution in [0.4, 0.5) is 0 Å². The van der Waals surface area contributed by atoms with Crippen LogP contribution < -0.4 is 5.32 Å². The fourth-order valence-electron chi connectivity index (χ4n) is 2.21. The van der Waals surface area contributed by atoms with Crippen molar-refractivity contribution in [3.05, 3.63) is 35.4 Å². The van der Waals surface area contributed by atoms with Crippen LogP contribution in [0.3, 0.4) is 0 Å². The Bertz CT molecular complexity index is 403. The molecule has 3 nitrogen and oxygen atoms in total. The Hall–Kier alpha value is -1.37. The van der Waals surface area contributed by atoms with Crippen molar-refractivity contribution in [3.8, 4) is 6.07 Å². The van der Waals surface area contributed by atoms with E-state index in [2.05, 4.69) is 11.4 Å². The van der Waals surface area contributed by atoms with Crippen LogP contribution in [-0.2, 0) is 6.42 Å². The lowest BCUT2D eigenvalue weighted by molar-refractivity contribution is 0.0108. The van der Waals surface area contributed by atoms with Gasteiger partial charge < -0.3 is 10.4 Å². The van der Waals surface area contributed by atoms with E-state index in [0.717, 1.165) is 31.5 Å². The summed E-state index contributed by atoms with van der Waals surface area (Å²) in [5.41, 5.74) is 0.988. The van der Waals surface area contributed by atoms with Crippen LogP contribution in [0, 0.1) is 11.3 Å². The molecule has 3 heteroatoms. The number of piperidine rings is 1. The van der Waals surface area contributed by atoms with E-state index in [4.69, 9.17) is 5.26 Å². The molecule has 16 heavy (non-hydrogen) atoms. The molecule has 0 unspecified atom stereocenters. The fraction of sp³-hybridized carbons (Fsp3) is 0.462. The Kier molecular flexibility index (Phi) is 3.23. The second-order valence-corrected chi connectivity index (χ2v) is 4.42. The highest BCUT2D eigenvalue weighted by atomic mass is 16.3. The quantitative estimate of drug-likeness (QED) is 0.781. The normalized spacial score (nSPS) is 19.0. The first-order valence-corrected chi connectivity index (χ1v) is 5.65. The number of hydrogen-bond donors (Lipinski definition) is 2. The second kappa shape index (κ2) is 4.65. The third-order valence-electron chi connectivity index (χ3n) is 3.19. The topological polar surface area (TPSA) is 56.0 Å². The zero-order valence-electron chi connectivity index (χ0n) is 9.24. The monoisotopic (exact) mass is 216 g/mol. The summed E-state index contributed by atoms with van der Waals surface area (Å²) >= 11 is 0. The van der Waals surface area contributed by atoms with Gasteiger partial charge in [-0.15, -0.1) is 0 Å². The molecule has 1 aromatic carbocycles. The zero-order chi connectivity index (χ0) is 11.4. The SMILES string of the molecule is N#Cc1ccccc1CC1(O)CCNCC1. The molecule has 0 spiro atoms. The van der Waals surface area contributed by atoms with Crippen LogP contribution in [0.1, 0.15) is 24.0 Å². The van der Waals surface area contributed by atoms with E-state index >= 15 is 0 Å². The van der Waals surface area contributed by atoms with Gasteiger partial charge >= 0.3 is 0 Å². The third-order valence-corrected chi connectivity index (χ3v) is 3.19. The minimum Gasteiger partial charge on any atom is -0.389 e. The lowest BCUT2D eigenvalue weighted by Gasteiger charge is -2.32. The largest absolute Gasteiger partial charge is 0.389 e. The maximum absolute atomic E-state index is 10.4. The molecule has 84 valence electrons. The molecular formula is C13H16N2O. The van der Waals surface area contributed by atoms with E-state index in [1.165, 1.54) is 0 Å². The van der Waals surface area contributed by atoms with Crippen molar-refractivity contribution in [2.75, 3.05) is 13.1 Å². The third kappa shape index (κ3) is 2.41. The molecule has 0 amide bonds. The number of nitrogens with zero attached hydrogens (tertiary/aromatic N) is 1. The van der Waals surface area contributed by atoms with Gasteiger partial charge in [-0.2, -0.15) is 5.26 Å². The van der Waals surface area contributed by atoms with Crippen LogP contribution in [-0.4, -0.2) is 23.8 Å². The summed E-state index contributed by atoms with van der Waals surface area (Å²) in [6.07, 6.45) is 2.10. The van der Waals surface area contributed by atoms with Gasteiger partial charge in [0, 0.05) is 6.42 Å². The number of benzene rings is 1. The molecule has 0 aliphatic carbocycles. The number of hydrogen-bond acceptors (Lipinski definition) is 3. The summed E-state index contributed by atoms with van der Waals surface area (Å²) in [6.45, 7) is 1.70. The summed E-state index contributed by atoms with van der Waals surface area (Å²) in [5.74, 6) is 0. The first kappa shape index (κ1) is 11.1. The summed E-state index contributed by atoms with van der Waals surface area (Å²) in [5, 5.41) is 22.6. The van der Waals surface area contributed by atoms with Crippen LogP contribution in [0.15, 0.2) is 24.3 Å². The van der Waals surface area contributed by atoms with E-state index in [0.29, 0.717) is 12.0 Å². The second-order valence-electron chi connectivity index (χ2n) is 4.42. The molecule has 1 fully saturated rings. The summed E-state index contributed by atoms with van der Waals surface area (Å²) in [4.78, 5) is 0. The Balaban J connectivity index is 2.16. The van der Waals surface area contributed by atoms with Gasteiger partial charge in [-0.3, -0.25) is 0 Å². The summed E-state index contributed by atoms with van der Waals surface area (Å²) in [7, 11) is 0. The molecule has 1 aliphatic rings. The smallest absolute Gasteiger partial charge is 0.0994 e. The minimum atomic E-state index is -0.641. The van der Waals surface area contributed by atoms with Gasteiger partial charge in [0.25, 0.3) is 0 Å². The summed E-state index contributed by atoms with van der Waals surface area (Å²) in [6, 6.07) is 9.68. The van der Waals surface area contributed by atoms with Crippen molar-refractivity contribution in [2.24, 2.45) is 0 Å². The Labute approximate surface area is 95.7 Å². The Morgan fingerprint density at radius 1 is 1.31 bits per heavy atom. The minimum absolute atomic E-state index is 0.582. The molecule has 1 heterocycles. The van der Waals surface area contributed by atoms with Gasteiger partial charge in [0.2, 0.25) is 0 Å². The average molecular weight is 216 g/mol. The lowest BCUT2D eigenvalue weighted by Crippen LogP contribution is -2.43. The Morgan fingerprint density at radius 2 is 2.00 bits per heavy atom. The zero-order valence-corrected chi connectivity index (χ0v) is 9.24. The first-order chi connectivity index (χ1) is 7.73. The van der Waals surface area contributed by atoms with Gasteiger partial charge in [-0.25, -0.2) is 0 Å². The predicted octanol–water partition coefficient (Wildman–Crippen LogP) is 1.22. The lowest BCUT2D eigenvalue weighted by atomic mass is 9.85. The highest BCUT2D eigenvalue weighted by molar-refractivity contribution is 5.38. The molecule has 0 aromatic heterocycles. The van der Waals surface area contributed by atoms with Gasteiger partial charge in [0.15, 0.2) is 0 Å². The molecule has 2 rings (SSSR count). The van der Waals surface area contributed by atoms with Gasteiger partial charge in [0.1, 0.15) is 0 Å². The highest BCUT2D eigenvalue weighted by Crippen LogP contribution is 2.24. The molecule has 1 aromatic rings. The van der Waals surface area contributed by atoms with E-state index < -0.39 is 5.60 Å². The van der Waals surface area contributed by atoms with Gasteiger partial charge in [-0.05, 0) is 37.6 Å². The standard InChI is InChI=1S/C13H16N2O/c14-10-12-4-2-1-3-11(12)9-13(16)5-7-15-8-6-13/h1-4,15-16H,5-9H2. The van der Waals surface area contributed by atoms with E-state index in [-0.39, 0.29) is 0 Å². The van der Waals surface area contributed by atoms with E-state index in [1.807, 2.05) is 18.2 Å². The van der Waals surface area contributed by atoms with Gasteiger partial charge in [-0.1, -0.05) is 18.2 Å². The first-order valence-electron chi connectivity index (χ1n) is 5.65. The van der Waals surface area contributed by atoms with Crippen LogP contribution >= 0.6 is 0 Å². The maximum Gasteiger partial charge on any atom is 0.0994 e. The van der Waals surface area contributed by atoms with E-state index in [1.54, 1.807) is 6.07 Å². The number of rotatable bonds is 2. The van der Waals surface area contributed by atoms with Crippen molar-refractivity contribution in [3.63, 3.8) is 0 Å². The maximum atomic E-state index is 10.4. The fourth-order valence-corrected chi connectivity index (χ4v) is 2.21. The molecule has 2 N–H and O–H groups in total. The Morgan fingerprint density at radius 3 is 2.69 bits per heavy atom. The number of aliphatic hydroxyl groups is 1. The van der Waals surface area contributed by atoms with Gasteiger partial charge in [0.05, 0.1) is 17.2 Å². The van der Waals surface area contributed by atoms with Crippen LogP contribution in [0.25, 0.3) is 0 Å². The number of nitriles is 1. The molecule has 0 bridgehead atoms. The van der Waals surface area contributed by atoms with Crippen molar-refractivity contribution in [2.45, 2.75) is 24.9 Å². The predicted molar refractivity (Wildman–Crippen MR) is 61.9 cm³/mol.